The topological polar surface area (TPSA) is 35.2 Å². The van der Waals surface area contributed by atoms with E-state index in [1.54, 1.807) is 0 Å². The summed E-state index contributed by atoms with van der Waals surface area (Å²) < 4.78 is 5.90. The molecule has 2 aromatic rings. The summed E-state index contributed by atoms with van der Waals surface area (Å²) in [6.45, 7) is 0.752. The summed E-state index contributed by atoms with van der Waals surface area (Å²) in [6, 6.07) is 18.5. The second-order valence-electron chi connectivity index (χ2n) is 4.68. The van der Waals surface area contributed by atoms with E-state index in [0.29, 0.717) is 0 Å². The highest BCUT2D eigenvalue weighted by atomic mass is 16.5. The second-order valence-corrected chi connectivity index (χ2v) is 4.68. The zero-order valence-electron chi connectivity index (χ0n) is 10.3. The Morgan fingerprint density at radius 2 is 1.72 bits per heavy atom. The number of hydrogen-bond donors (Lipinski definition) is 1. The van der Waals surface area contributed by atoms with Crippen molar-refractivity contribution < 1.29 is 4.74 Å². The van der Waals surface area contributed by atoms with Gasteiger partial charge < -0.3 is 10.5 Å². The Hall–Kier alpha value is -1.64. The summed E-state index contributed by atoms with van der Waals surface area (Å²) in [5.41, 5.74) is 10.1. The van der Waals surface area contributed by atoms with Crippen LogP contribution in [-0.2, 0) is 11.2 Å². The van der Waals surface area contributed by atoms with Crippen LogP contribution in [0.15, 0.2) is 54.6 Å². The van der Waals surface area contributed by atoms with Crippen LogP contribution in [0.25, 0.3) is 0 Å². The van der Waals surface area contributed by atoms with E-state index in [0.717, 1.165) is 18.6 Å². The Bertz CT molecular complexity index is 524. The number of benzene rings is 2. The van der Waals surface area contributed by atoms with Crippen LogP contribution in [0.5, 0.6) is 0 Å². The van der Waals surface area contributed by atoms with E-state index >= 15 is 0 Å². The monoisotopic (exact) mass is 239 g/mol. The average molecular weight is 239 g/mol. The van der Waals surface area contributed by atoms with Crippen LogP contribution >= 0.6 is 0 Å². The molecule has 1 heterocycles. The van der Waals surface area contributed by atoms with Gasteiger partial charge in [-0.15, -0.1) is 0 Å². The lowest BCUT2D eigenvalue weighted by atomic mass is 9.90. The van der Waals surface area contributed by atoms with E-state index in [1.807, 2.05) is 18.2 Å². The summed E-state index contributed by atoms with van der Waals surface area (Å²) in [4.78, 5) is 0. The fourth-order valence-electron chi connectivity index (χ4n) is 2.57. The van der Waals surface area contributed by atoms with Crippen molar-refractivity contribution in [3.8, 4) is 0 Å². The normalized spacial score (nSPS) is 20.2. The largest absolute Gasteiger partial charge is 0.371 e. The highest BCUT2D eigenvalue weighted by Gasteiger charge is 2.27. The molecular weight excluding hydrogens is 222 g/mol. The van der Waals surface area contributed by atoms with Crippen molar-refractivity contribution in [1.29, 1.82) is 0 Å². The summed E-state index contributed by atoms with van der Waals surface area (Å²) in [5.74, 6) is 0. The molecule has 3 rings (SSSR count). The Kier molecular flexibility index (Phi) is 3.13. The van der Waals surface area contributed by atoms with E-state index in [1.165, 1.54) is 11.1 Å². The van der Waals surface area contributed by atoms with Crippen LogP contribution in [0.1, 0.15) is 28.8 Å². The van der Waals surface area contributed by atoms with E-state index < -0.39 is 0 Å². The van der Waals surface area contributed by atoms with Crippen molar-refractivity contribution in [1.82, 2.24) is 0 Å². The first-order valence-corrected chi connectivity index (χ1v) is 6.36. The molecule has 0 radical (unpaired) electrons. The van der Waals surface area contributed by atoms with Crippen molar-refractivity contribution >= 4 is 0 Å². The lowest BCUT2D eigenvalue weighted by molar-refractivity contribution is 0.0241. The third kappa shape index (κ3) is 2.05. The van der Waals surface area contributed by atoms with Gasteiger partial charge in [-0.1, -0.05) is 54.6 Å². The summed E-state index contributed by atoms with van der Waals surface area (Å²) in [6.07, 6.45) is 0.950. The van der Waals surface area contributed by atoms with E-state index in [-0.39, 0.29) is 12.1 Å². The van der Waals surface area contributed by atoms with Crippen LogP contribution in [0.2, 0.25) is 0 Å². The fourth-order valence-corrected chi connectivity index (χ4v) is 2.57. The fraction of sp³-hybridized carbons (Fsp3) is 0.250. The van der Waals surface area contributed by atoms with E-state index in [2.05, 4.69) is 36.4 Å². The molecule has 18 heavy (non-hydrogen) atoms. The highest BCUT2D eigenvalue weighted by molar-refractivity contribution is 5.34. The molecule has 92 valence electrons. The molecule has 2 nitrogen and oxygen atoms in total. The minimum Gasteiger partial charge on any atom is -0.371 e. The molecule has 2 heteroatoms. The quantitative estimate of drug-likeness (QED) is 0.874. The Labute approximate surface area is 107 Å². The van der Waals surface area contributed by atoms with Gasteiger partial charge in [0.15, 0.2) is 0 Å². The highest BCUT2D eigenvalue weighted by Crippen LogP contribution is 2.35. The standard InChI is InChI=1S/C16H17NO/c17-15(13-7-2-1-3-8-13)16-14-9-5-4-6-12(14)10-11-18-16/h1-9,15-16H,10-11,17H2. The number of hydrogen-bond acceptors (Lipinski definition) is 2. The lowest BCUT2D eigenvalue weighted by Gasteiger charge is -2.30. The maximum atomic E-state index is 6.36. The van der Waals surface area contributed by atoms with Crippen LogP contribution in [0, 0.1) is 0 Å². The second kappa shape index (κ2) is 4.92. The van der Waals surface area contributed by atoms with Gasteiger partial charge in [0, 0.05) is 0 Å². The van der Waals surface area contributed by atoms with Gasteiger partial charge in [0.05, 0.1) is 12.6 Å². The minimum atomic E-state index is -0.104. The first kappa shape index (κ1) is 11.5. The third-order valence-electron chi connectivity index (χ3n) is 3.54. The van der Waals surface area contributed by atoms with Gasteiger partial charge in [-0.2, -0.15) is 0 Å². The number of rotatable bonds is 2. The molecule has 1 aliphatic heterocycles. The van der Waals surface area contributed by atoms with Gasteiger partial charge in [-0.3, -0.25) is 0 Å². The van der Waals surface area contributed by atoms with Crippen molar-refractivity contribution in [3.05, 3.63) is 71.3 Å². The minimum absolute atomic E-state index is 0.0302. The van der Waals surface area contributed by atoms with Crippen LogP contribution < -0.4 is 5.73 Å². The Morgan fingerprint density at radius 3 is 2.56 bits per heavy atom. The zero-order valence-corrected chi connectivity index (χ0v) is 10.3. The van der Waals surface area contributed by atoms with Gasteiger partial charge in [0.25, 0.3) is 0 Å². The average Bonchev–Trinajstić information content (AvgIpc) is 2.47. The first-order chi connectivity index (χ1) is 8.86. The van der Waals surface area contributed by atoms with E-state index in [9.17, 15) is 0 Å². The SMILES string of the molecule is NC(c1ccccc1)C1OCCc2ccccc21. The Morgan fingerprint density at radius 1 is 1.00 bits per heavy atom. The smallest absolute Gasteiger partial charge is 0.102 e. The van der Waals surface area contributed by atoms with Gasteiger partial charge in [-0.25, -0.2) is 0 Å². The number of fused-ring (bicyclic) bond motifs is 1. The van der Waals surface area contributed by atoms with Crippen LogP contribution in [-0.4, -0.2) is 6.61 Å². The molecular formula is C16H17NO. The van der Waals surface area contributed by atoms with Gasteiger partial charge in [0.1, 0.15) is 6.10 Å². The van der Waals surface area contributed by atoms with Gasteiger partial charge in [-0.05, 0) is 23.1 Å². The molecule has 2 unspecified atom stereocenters. The molecule has 2 N–H and O–H groups in total. The summed E-state index contributed by atoms with van der Waals surface area (Å²) >= 11 is 0. The predicted molar refractivity (Wildman–Crippen MR) is 72.2 cm³/mol. The van der Waals surface area contributed by atoms with Crippen molar-refractivity contribution in [2.75, 3.05) is 6.61 Å². The van der Waals surface area contributed by atoms with Crippen molar-refractivity contribution in [2.24, 2.45) is 5.73 Å². The lowest BCUT2D eigenvalue weighted by Crippen LogP contribution is -2.27. The third-order valence-corrected chi connectivity index (χ3v) is 3.54. The van der Waals surface area contributed by atoms with Crippen molar-refractivity contribution in [3.63, 3.8) is 0 Å². The van der Waals surface area contributed by atoms with Crippen LogP contribution in [0.3, 0.4) is 0 Å². The Balaban J connectivity index is 1.94. The molecule has 0 saturated heterocycles. The van der Waals surface area contributed by atoms with E-state index in [4.69, 9.17) is 10.5 Å². The zero-order chi connectivity index (χ0) is 12.4. The molecule has 0 bridgehead atoms. The molecule has 1 aliphatic rings. The van der Waals surface area contributed by atoms with Crippen molar-refractivity contribution in [2.45, 2.75) is 18.6 Å². The molecule has 0 spiro atoms. The molecule has 0 fully saturated rings. The maximum Gasteiger partial charge on any atom is 0.102 e. The molecule has 0 aromatic heterocycles. The molecule has 0 aliphatic carbocycles. The first-order valence-electron chi connectivity index (χ1n) is 6.36. The van der Waals surface area contributed by atoms with Gasteiger partial charge >= 0.3 is 0 Å². The summed E-state index contributed by atoms with van der Waals surface area (Å²) in [5, 5.41) is 0. The van der Waals surface area contributed by atoms with Crippen LogP contribution in [0.4, 0.5) is 0 Å². The maximum absolute atomic E-state index is 6.36. The number of ether oxygens (including phenoxy) is 1. The molecule has 0 saturated carbocycles. The summed E-state index contributed by atoms with van der Waals surface area (Å²) in [7, 11) is 0. The molecule has 2 atom stereocenters. The predicted octanol–water partition coefficient (Wildman–Crippen LogP) is 3.00. The molecule has 2 aromatic carbocycles. The van der Waals surface area contributed by atoms with Gasteiger partial charge in [0.2, 0.25) is 0 Å². The molecule has 0 amide bonds. The number of nitrogens with two attached hydrogens (primary N) is 1.